The first-order valence-electron chi connectivity index (χ1n) is 12.3. The van der Waals surface area contributed by atoms with Gasteiger partial charge in [-0.3, -0.25) is 5.32 Å². The molecular weight excluding hydrogens is 485 g/mol. The summed E-state index contributed by atoms with van der Waals surface area (Å²) in [4.78, 5) is 44.9. The van der Waals surface area contributed by atoms with E-state index in [1.165, 1.54) is 36.6 Å². The predicted molar refractivity (Wildman–Crippen MR) is 133 cm³/mol. The highest BCUT2D eigenvalue weighted by Crippen LogP contribution is 2.23. The largest absolute Gasteiger partial charge is 0.477 e. The maximum Gasteiger partial charge on any atom is 0.414 e. The maximum atomic E-state index is 14.9. The van der Waals surface area contributed by atoms with Gasteiger partial charge in [0, 0.05) is 38.4 Å². The Morgan fingerprint density at radius 2 is 2.00 bits per heavy atom. The molecule has 2 aromatic heterocycles. The van der Waals surface area contributed by atoms with E-state index in [0.29, 0.717) is 19.0 Å². The SMILES string of the molecule is CCOc1cnc(NC(=O)N(C)[C@H]2CN(c3nccc(OC(=O)NC4CCNCC4)n3)CC[C@H]2F)cn1. The Morgan fingerprint density at radius 3 is 2.73 bits per heavy atom. The summed E-state index contributed by atoms with van der Waals surface area (Å²) in [5.74, 6) is 0.945. The van der Waals surface area contributed by atoms with E-state index < -0.39 is 24.3 Å². The Balaban J connectivity index is 1.35. The van der Waals surface area contributed by atoms with Gasteiger partial charge in [-0.25, -0.2) is 28.9 Å². The molecule has 2 atom stereocenters. The predicted octanol–water partition coefficient (Wildman–Crippen LogP) is 1.59. The van der Waals surface area contributed by atoms with Crippen molar-refractivity contribution in [2.24, 2.45) is 0 Å². The summed E-state index contributed by atoms with van der Waals surface area (Å²) in [6, 6.07) is 0.249. The number of hydrogen-bond acceptors (Lipinski definition) is 10. The molecule has 0 radical (unpaired) electrons. The van der Waals surface area contributed by atoms with Gasteiger partial charge >= 0.3 is 12.1 Å². The molecule has 37 heavy (non-hydrogen) atoms. The van der Waals surface area contributed by atoms with Crippen molar-refractivity contribution in [3.8, 4) is 11.8 Å². The van der Waals surface area contributed by atoms with Crippen LogP contribution in [0.15, 0.2) is 24.7 Å². The van der Waals surface area contributed by atoms with Crippen LogP contribution in [0.4, 0.5) is 25.7 Å². The molecule has 0 aliphatic carbocycles. The molecule has 3 N–H and O–H groups in total. The topological polar surface area (TPSA) is 147 Å². The Kier molecular flexibility index (Phi) is 8.82. The highest BCUT2D eigenvalue weighted by molar-refractivity contribution is 5.88. The third-order valence-electron chi connectivity index (χ3n) is 6.23. The van der Waals surface area contributed by atoms with Gasteiger partial charge in [-0.2, -0.15) is 4.98 Å². The average Bonchev–Trinajstić information content (AvgIpc) is 2.90. The first kappa shape index (κ1) is 26.3. The summed E-state index contributed by atoms with van der Waals surface area (Å²) >= 11 is 0. The smallest absolute Gasteiger partial charge is 0.414 e. The minimum atomic E-state index is -1.24. The number of hydrogen-bond donors (Lipinski definition) is 3. The number of nitrogens with zero attached hydrogens (tertiary/aromatic N) is 6. The fourth-order valence-corrected chi connectivity index (χ4v) is 4.20. The van der Waals surface area contributed by atoms with Crippen molar-refractivity contribution in [2.75, 3.05) is 50.1 Å². The molecule has 2 aliphatic heterocycles. The van der Waals surface area contributed by atoms with E-state index in [2.05, 4.69) is 35.9 Å². The van der Waals surface area contributed by atoms with Crippen molar-refractivity contribution in [1.82, 2.24) is 35.5 Å². The summed E-state index contributed by atoms with van der Waals surface area (Å²) in [6.45, 7) is 4.47. The molecule has 0 saturated carbocycles. The van der Waals surface area contributed by atoms with Crippen molar-refractivity contribution < 1.29 is 23.5 Å². The normalized spacial score (nSPS) is 20.1. The lowest BCUT2D eigenvalue weighted by Crippen LogP contribution is -2.55. The van der Waals surface area contributed by atoms with E-state index in [9.17, 15) is 14.0 Å². The molecule has 2 aliphatic rings. The molecule has 4 rings (SSSR count). The van der Waals surface area contributed by atoms with Crippen molar-refractivity contribution in [1.29, 1.82) is 0 Å². The zero-order valence-electron chi connectivity index (χ0n) is 20.9. The second-order valence-electron chi connectivity index (χ2n) is 8.78. The van der Waals surface area contributed by atoms with Crippen molar-refractivity contribution >= 4 is 23.9 Å². The molecular formula is C23H32FN9O4. The van der Waals surface area contributed by atoms with Crippen molar-refractivity contribution in [3.05, 3.63) is 24.7 Å². The van der Waals surface area contributed by atoms with Gasteiger partial charge < -0.3 is 29.9 Å². The highest BCUT2D eigenvalue weighted by atomic mass is 19.1. The van der Waals surface area contributed by atoms with Crippen molar-refractivity contribution in [3.63, 3.8) is 0 Å². The van der Waals surface area contributed by atoms with Gasteiger partial charge in [-0.05, 0) is 39.3 Å². The molecule has 3 amide bonds. The number of rotatable bonds is 7. The number of alkyl halides is 1. The van der Waals surface area contributed by atoms with Crippen LogP contribution in [0, 0.1) is 0 Å². The molecule has 2 aromatic rings. The fraction of sp³-hybridized carbons (Fsp3) is 0.565. The summed E-state index contributed by atoms with van der Waals surface area (Å²) < 4.78 is 25.5. The third-order valence-corrected chi connectivity index (χ3v) is 6.23. The van der Waals surface area contributed by atoms with Gasteiger partial charge in [0.05, 0.1) is 25.0 Å². The number of nitrogens with one attached hydrogen (secondary N) is 3. The first-order chi connectivity index (χ1) is 17.9. The zero-order chi connectivity index (χ0) is 26.2. The first-order valence-corrected chi connectivity index (χ1v) is 12.3. The van der Waals surface area contributed by atoms with E-state index in [1.807, 2.05) is 6.92 Å². The van der Waals surface area contributed by atoms with Crippen LogP contribution >= 0.6 is 0 Å². The third kappa shape index (κ3) is 7.12. The van der Waals surface area contributed by atoms with Crippen LogP contribution in [-0.2, 0) is 0 Å². The second kappa shape index (κ2) is 12.4. The van der Waals surface area contributed by atoms with Gasteiger partial charge in [0.25, 0.3) is 0 Å². The van der Waals surface area contributed by atoms with Crippen LogP contribution in [-0.4, -0.2) is 95.0 Å². The van der Waals surface area contributed by atoms with Crippen molar-refractivity contribution in [2.45, 2.75) is 44.4 Å². The number of ether oxygens (including phenoxy) is 2. The summed E-state index contributed by atoms with van der Waals surface area (Å²) in [5, 5.41) is 8.70. The van der Waals surface area contributed by atoms with Gasteiger partial charge in [0.2, 0.25) is 17.7 Å². The van der Waals surface area contributed by atoms with E-state index >= 15 is 0 Å². The quantitative estimate of drug-likeness (QED) is 0.495. The zero-order valence-corrected chi connectivity index (χ0v) is 20.9. The average molecular weight is 518 g/mol. The molecule has 0 unspecified atom stereocenters. The molecule has 4 heterocycles. The molecule has 2 saturated heterocycles. The van der Waals surface area contributed by atoms with Crippen LogP contribution < -0.4 is 30.3 Å². The minimum Gasteiger partial charge on any atom is -0.477 e. The van der Waals surface area contributed by atoms with Crippen LogP contribution in [0.3, 0.4) is 0 Å². The summed E-state index contributed by atoms with van der Waals surface area (Å²) in [6.07, 6.45) is 4.27. The van der Waals surface area contributed by atoms with Crippen LogP contribution in [0.25, 0.3) is 0 Å². The number of amides is 3. The summed E-state index contributed by atoms with van der Waals surface area (Å²) in [5.41, 5.74) is 0. The Labute approximate surface area is 214 Å². The molecule has 2 fully saturated rings. The maximum absolute atomic E-state index is 14.9. The van der Waals surface area contributed by atoms with Crippen LogP contribution in [0.2, 0.25) is 0 Å². The number of urea groups is 1. The van der Waals surface area contributed by atoms with E-state index in [4.69, 9.17) is 9.47 Å². The summed E-state index contributed by atoms with van der Waals surface area (Å²) in [7, 11) is 1.52. The van der Waals surface area contributed by atoms with Gasteiger partial charge in [0.1, 0.15) is 6.17 Å². The van der Waals surface area contributed by atoms with E-state index in [0.717, 1.165) is 25.9 Å². The molecule has 200 valence electrons. The Morgan fingerprint density at radius 1 is 1.19 bits per heavy atom. The number of anilines is 2. The Bertz CT molecular complexity index is 1050. The number of likely N-dealkylation sites (N-methyl/N-ethyl adjacent to an activating group) is 1. The number of piperidine rings is 2. The Hall–Kier alpha value is -3.81. The minimum absolute atomic E-state index is 0.0506. The lowest BCUT2D eigenvalue weighted by Gasteiger charge is -2.39. The van der Waals surface area contributed by atoms with E-state index in [1.54, 1.807) is 4.90 Å². The fourth-order valence-electron chi connectivity index (χ4n) is 4.20. The lowest BCUT2D eigenvalue weighted by atomic mass is 10.0. The second-order valence-corrected chi connectivity index (χ2v) is 8.78. The molecule has 13 nitrogen and oxygen atoms in total. The standard InChI is InChI=1S/C23H32FN9O4/c1-3-36-20-13-27-18(12-28-20)30-22(34)32(2)17-14-33(11-7-16(17)24)21-26-10-6-19(31-21)37-23(35)29-15-4-8-25-9-5-15/h6,10,12-13,15-17,25H,3-5,7-9,11,14H2,1-2H3,(H,29,35)(H,27,30,34)/t16-,17+/m1/s1. The van der Waals surface area contributed by atoms with E-state index in [-0.39, 0.29) is 36.7 Å². The highest BCUT2D eigenvalue weighted by Gasteiger charge is 2.35. The number of carbonyl (C=O) groups excluding carboxylic acids is 2. The van der Waals surface area contributed by atoms with Gasteiger partial charge in [0.15, 0.2) is 5.82 Å². The molecule has 0 spiro atoms. The molecule has 0 bridgehead atoms. The lowest BCUT2D eigenvalue weighted by molar-refractivity contribution is 0.133. The number of halogens is 1. The molecule has 0 aromatic carbocycles. The number of carbonyl (C=O) groups is 2. The monoisotopic (exact) mass is 517 g/mol. The van der Waals surface area contributed by atoms with Gasteiger partial charge in [-0.15, -0.1) is 0 Å². The van der Waals surface area contributed by atoms with Gasteiger partial charge in [-0.1, -0.05) is 0 Å². The van der Waals surface area contributed by atoms with Crippen LogP contribution in [0.1, 0.15) is 26.2 Å². The molecule has 14 heteroatoms. The van der Waals surface area contributed by atoms with Crippen LogP contribution in [0.5, 0.6) is 11.8 Å². The number of aromatic nitrogens is 4.